The van der Waals surface area contributed by atoms with Crippen LogP contribution < -0.4 is 19.5 Å². The topological polar surface area (TPSA) is 60.0 Å². The van der Waals surface area contributed by atoms with Crippen molar-refractivity contribution in [2.45, 2.75) is 59.4 Å². The smallest absolute Gasteiger partial charge is 0.251 e. The van der Waals surface area contributed by atoms with E-state index in [1.165, 1.54) is 17.6 Å². The molecule has 6 heteroatoms. The Hall–Kier alpha value is -2.47. The number of carbonyl (C=O) groups is 1. The van der Waals surface area contributed by atoms with E-state index in [4.69, 9.17) is 14.2 Å². The molecule has 1 aromatic carbocycles. The fourth-order valence-corrected chi connectivity index (χ4v) is 3.99. The molecule has 1 N–H and O–H groups in total. The Labute approximate surface area is 193 Å². The van der Waals surface area contributed by atoms with Gasteiger partial charge in [-0.3, -0.25) is 9.69 Å². The number of hydrogen-bond donors (Lipinski definition) is 1. The lowest BCUT2D eigenvalue weighted by Gasteiger charge is -2.23. The summed E-state index contributed by atoms with van der Waals surface area (Å²) in [5, 5.41) is 3.08. The van der Waals surface area contributed by atoms with Gasteiger partial charge in [-0.1, -0.05) is 24.1 Å². The minimum Gasteiger partial charge on any atom is -0.493 e. The minimum atomic E-state index is -0.132. The van der Waals surface area contributed by atoms with E-state index >= 15 is 0 Å². The zero-order valence-electron chi connectivity index (χ0n) is 20.6. The Morgan fingerprint density at radius 1 is 1.16 bits per heavy atom. The summed E-state index contributed by atoms with van der Waals surface area (Å²) in [5.74, 6) is 1.34. The summed E-state index contributed by atoms with van der Waals surface area (Å²) >= 11 is 0. The van der Waals surface area contributed by atoms with Gasteiger partial charge in [0.25, 0.3) is 5.91 Å². The van der Waals surface area contributed by atoms with Crippen molar-refractivity contribution in [3.05, 3.63) is 41.0 Å². The Kier molecular flexibility index (Phi) is 10.6. The highest BCUT2D eigenvalue weighted by Crippen LogP contribution is 2.38. The van der Waals surface area contributed by atoms with Gasteiger partial charge >= 0.3 is 0 Å². The predicted molar refractivity (Wildman–Crippen MR) is 130 cm³/mol. The van der Waals surface area contributed by atoms with Gasteiger partial charge in [-0.15, -0.1) is 0 Å². The van der Waals surface area contributed by atoms with Gasteiger partial charge in [-0.25, -0.2) is 0 Å². The minimum absolute atomic E-state index is 0.132. The molecule has 1 aliphatic heterocycles. The third kappa shape index (κ3) is 7.59. The molecule has 178 valence electrons. The van der Waals surface area contributed by atoms with Crippen LogP contribution >= 0.6 is 0 Å². The molecule has 0 aromatic heterocycles. The van der Waals surface area contributed by atoms with Crippen molar-refractivity contribution >= 4 is 5.91 Å². The van der Waals surface area contributed by atoms with Crippen LogP contribution in [0.5, 0.6) is 17.2 Å². The zero-order chi connectivity index (χ0) is 23.5. The van der Waals surface area contributed by atoms with Gasteiger partial charge in [0.1, 0.15) is 6.61 Å². The third-order valence-corrected chi connectivity index (χ3v) is 5.87. The van der Waals surface area contributed by atoms with Crippen molar-refractivity contribution in [2.75, 3.05) is 40.5 Å². The van der Waals surface area contributed by atoms with Gasteiger partial charge in [0, 0.05) is 18.2 Å². The lowest BCUT2D eigenvalue weighted by Crippen LogP contribution is -2.40. The normalized spacial score (nSPS) is 16.6. The number of nitrogens with one attached hydrogen (secondary N) is 1. The third-order valence-electron chi connectivity index (χ3n) is 5.87. The van der Waals surface area contributed by atoms with Crippen LogP contribution in [0.1, 0.15) is 63.7 Å². The van der Waals surface area contributed by atoms with Crippen LogP contribution in [-0.2, 0) is 0 Å². The summed E-state index contributed by atoms with van der Waals surface area (Å²) in [6.07, 6.45) is 8.62. The van der Waals surface area contributed by atoms with Crippen molar-refractivity contribution in [3.8, 4) is 17.2 Å². The molecule has 0 aliphatic carbocycles. The maximum atomic E-state index is 12.9. The molecule has 1 atom stereocenters. The number of likely N-dealkylation sites (N-methyl/N-ethyl adjacent to an activating group) is 1. The van der Waals surface area contributed by atoms with Crippen molar-refractivity contribution < 1.29 is 19.0 Å². The van der Waals surface area contributed by atoms with E-state index < -0.39 is 0 Å². The fraction of sp³-hybridized carbons (Fsp3) is 0.577. The predicted octanol–water partition coefficient (Wildman–Crippen LogP) is 4.99. The Morgan fingerprint density at radius 2 is 1.91 bits per heavy atom. The maximum absolute atomic E-state index is 12.9. The molecule has 1 fully saturated rings. The van der Waals surface area contributed by atoms with Gasteiger partial charge in [-0.2, -0.15) is 0 Å². The van der Waals surface area contributed by atoms with Crippen LogP contribution in [0.2, 0.25) is 0 Å². The fourth-order valence-electron chi connectivity index (χ4n) is 3.99. The average Bonchev–Trinajstić information content (AvgIpc) is 3.24. The van der Waals surface area contributed by atoms with Crippen LogP contribution in [0.15, 0.2) is 35.4 Å². The number of rotatable bonds is 12. The molecule has 1 saturated heterocycles. The van der Waals surface area contributed by atoms with Crippen molar-refractivity contribution in [1.29, 1.82) is 0 Å². The number of amides is 1. The second-order valence-corrected chi connectivity index (χ2v) is 8.53. The van der Waals surface area contributed by atoms with E-state index in [0.29, 0.717) is 42.0 Å². The van der Waals surface area contributed by atoms with Crippen molar-refractivity contribution in [1.82, 2.24) is 10.2 Å². The molecule has 1 unspecified atom stereocenters. The second kappa shape index (κ2) is 13.2. The number of ether oxygens (including phenoxy) is 3. The number of nitrogens with zero attached hydrogens (tertiary/aromatic N) is 1. The Morgan fingerprint density at radius 3 is 2.56 bits per heavy atom. The first-order valence-corrected chi connectivity index (χ1v) is 11.6. The van der Waals surface area contributed by atoms with E-state index in [1.54, 1.807) is 26.4 Å². The molecule has 1 aromatic rings. The van der Waals surface area contributed by atoms with Gasteiger partial charge in [0.15, 0.2) is 11.5 Å². The largest absolute Gasteiger partial charge is 0.493 e. The number of benzene rings is 1. The molecule has 0 saturated carbocycles. The lowest BCUT2D eigenvalue weighted by molar-refractivity contribution is 0.0940. The first-order valence-electron chi connectivity index (χ1n) is 11.6. The van der Waals surface area contributed by atoms with Crippen LogP contribution in [0, 0.1) is 0 Å². The standard InChI is InChI=1S/C26H40N2O4/c1-7-28-14-9-12-22(28)18-27-26(29)21-16-23(30-5)25(31-6)24(17-21)32-15-13-20(4)11-8-10-19(2)3/h10,13,16-17,22H,7-9,11-12,14-15,18H2,1-6H3,(H,27,29). The first-order chi connectivity index (χ1) is 15.4. The van der Waals surface area contributed by atoms with E-state index in [9.17, 15) is 4.79 Å². The summed E-state index contributed by atoms with van der Waals surface area (Å²) in [6, 6.07) is 3.84. The van der Waals surface area contributed by atoms with Crippen LogP contribution in [0.4, 0.5) is 0 Å². The molecular formula is C26H40N2O4. The summed E-state index contributed by atoms with van der Waals surface area (Å²) in [5.41, 5.74) is 3.10. The molecule has 0 spiro atoms. The highest BCUT2D eigenvalue weighted by atomic mass is 16.5. The van der Waals surface area contributed by atoms with Gasteiger partial charge in [-0.05, 0) is 77.8 Å². The van der Waals surface area contributed by atoms with Gasteiger partial charge in [0.2, 0.25) is 5.75 Å². The van der Waals surface area contributed by atoms with Gasteiger partial charge in [0.05, 0.1) is 14.2 Å². The molecule has 2 rings (SSSR count). The Balaban J connectivity index is 2.07. The van der Waals surface area contributed by atoms with Crippen LogP contribution in [0.3, 0.4) is 0 Å². The molecule has 0 radical (unpaired) electrons. The highest BCUT2D eigenvalue weighted by Gasteiger charge is 2.24. The summed E-state index contributed by atoms with van der Waals surface area (Å²) in [7, 11) is 3.14. The molecule has 0 bridgehead atoms. The number of hydrogen-bond acceptors (Lipinski definition) is 5. The van der Waals surface area contributed by atoms with E-state index in [1.807, 2.05) is 0 Å². The monoisotopic (exact) mass is 444 g/mol. The molecule has 32 heavy (non-hydrogen) atoms. The molecule has 1 aliphatic rings. The average molecular weight is 445 g/mol. The van der Waals surface area contributed by atoms with E-state index in [-0.39, 0.29) is 5.91 Å². The number of allylic oxidation sites excluding steroid dienone is 3. The number of likely N-dealkylation sites (tertiary alicyclic amines) is 1. The maximum Gasteiger partial charge on any atom is 0.251 e. The zero-order valence-corrected chi connectivity index (χ0v) is 20.6. The van der Waals surface area contributed by atoms with Crippen LogP contribution in [-0.4, -0.2) is 57.3 Å². The molecule has 6 nitrogen and oxygen atoms in total. The summed E-state index contributed by atoms with van der Waals surface area (Å²) < 4.78 is 17.0. The summed E-state index contributed by atoms with van der Waals surface area (Å²) in [6.45, 7) is 11.6. The SMILES string of the molecule is CCN1CCCC1CNC(=O)c1cc(OC)c(OC)c(OCC=C(C)CCC=C(C)C)c1. The van der Waals surface area contributed by atoms with Crippen molar-refractivity contribution in [2.24, 2.45) is 0 Å². The molecule has 1 amide bonds. The van der Waals surface area contributed by atoms with E-state index in [2.05, 4.69) is 50.1 Å². The number of methoxy groups -OCH3 is 2. The molecular weight excluding hydrogens is 404 g/mol. The summed E-state index contributed by atoms with van der Waals surface area (Å²) in [4.78, 5) is 15.3. The molecule has 1 heterocycles. The quantitative estimate of drug-likeness (QED) is 0.460. The highest BCUT2D eigenvalue weighted by molar-refractivity contribution is 5.95. The van der Waals surface area contributed by atoms with Gasteiger partial charge < -0.3 is 19.5 Å². The lowest BCUT2D eigenvalue weighted by atomic mass is 10.1. The number of carbonyl (C=O) groups excluding carboxylic acids is 1. The second-order valence-electron chi connectivity index (χ2n) is 8.53. The first kappa shape index (κ1) is 25.8. The van der Waals surface area contributed by atoms with E-state index in [0.717, 1.165) is 32.4 Å². The van der Waals surface area contributed by atoms with Crippen molar-refractivity contribution in [3.63, 3.8) is 0 Å². The Bertz CT molecular complexity index is 812. The van der Waals surface area contributed by atoms with Crippen LogP contribution in [0.25, 0.3) is 0 Å².